The number of amides is 1. The lowest BCUT2D eigenvalue weighted by Crippen LogP contribution is -2.55. The Kier molecular flexibility index (Phi) is 6.77. The fourth-order valence-electron chi connectivity index (χ4n) is 5.87. The van der Waals surface area contributed by atoms with Crippen LogP contribution in [0.2, 0.25) is 5.02 Å². The summed E-state index contributed by atoms with van der Waals surface area (Å²) in [5, 5.41) is 12.3. The van der Waals surface area contributed by atoms with E-state index in [1.165, 1.54) is 18.2 Å². The third-order valence-corrected chi connectivity index (χ3v) is 7.89. The van der Waals surface area contributed by atoms with Crippen LogP contribution in [-0.2, 0) is 21.5 Å². The zero-order valence-corrected chi connectivity index (χ0v) is 21.0. The lowest BCUT2D eigenvalue weighted by molar-refractivity contribution is -0.141. The van der Waals surface area contributed by atoms with E-state index >= 15 is 0 Å². The van der Waals surface area contributed by atoms with Gasteiger partial charge in [-0.15, -0.1) is 0 Å². The van der Waals surface area contributed by atoms with E-state index < -0.39 is 6.04 Å². The molecule has 1 amide bonds. The molecule has 35 heavy (non-hydrogen) atoms. The van der Waals surface area contributed by atoms with E-state index in [2.05, 4.69) is 28.1 Å². The Morgan fingerprint density at radius 2 is 1.91 bits per heavy atom. The number of fused-ring (bicyclic) bond motifs is 4. The summed E-state index contributed by atoms with van der Waals surface area (Å²) in [6.07, 6.45) is 1.84. The highest BCUT2D eigenvalue weighted by atomic mass is 35.5. The van der Waals surface area contributed by atoms with Crippen molar-refractivity contribution in [2.24, 2.45) is 0 Å². The molecule has 2 aliphatic rings. The number of likely N-dealkylation sites (tertiary alicyclic amines) is 1. The van der Waals surface area contributed by atoms with Gasteiger partial charge in [0.1, 0.15) is 12.4 Å². The van der Waals surface area contributed by atoms with Gasteiger partial charge in [0.05, 0.1) is 19.8 Å². The highest BCUT2D eigenvalue weighted by molar-refractivity contribution is 6.30. The van der Waals surface area contributed by atoms with E-state index in [1.807, 2.05) is 29.2 Å². The van der Waals surface area contributed by atoms with Crippen LogP contribution in [-0.4, -0.2) is 72.9 Å². The van der Waals surface area contributed by atoms with Gasteiger partial charge in [-0.05, 0) is 61.3 Å². The molecule has 1 aromatic heterocycles. The third-order valence-electron chi connectivity index (χ3n) is 7.64. The van der Waals surface area contributed by atoms with E-state index in [1.54, 1.807) is 7.11 Å². The maximum absolute atomic E-state index is 13.1. The van der Waals surface area contributed by atoms with Gasteiger partial charge in [0.2, 0.25) is 5.91 Å². The van der Waals surface area contributed by atoms with E-state index in [9.17, 15) is 9.90 Å². The smallest absolute Gasteiger partial charge is 0.249 e. The summed E-state index contributed by atoms with van der Waals surface area (Å²) in [6, 6.07) is 13.7. The van der Waals surface area contributed by atoms with E-state index in [-0.39, 0.29) is 24.5 Å². The molecule has 3 aromatic rings. The molecule has 0 bridgehead atoms. The maximum Gasteiger partial charge on any atom is 0.249 e. The number of halogens is 1. The van der Waals surface area contributed by atoms with Crippen LogP contribution in [0.1, 0.15) is 35.7 Å². The number of aromatic nitrogens is 1. The number of hydrogen-bond acceptors (Lipinski definition) is 5. The van der Waals surface area contributed by atoms with Gasteiger partial charge < -0.3 is 24.5 Å². The highest BCUT2D eigenvalue weighted by Crippen LogP contribution is 2.49. The Hall–Kier alpha value is -2.58. The van der Waals surface area contributed by atoms with E-state index in [0.717, 1.165) is 59.8 Å². The summed E-state index contributed by atoms with van der Waals surface area (Å²) in [7, 11) is 3.19. The lowest BCUT2D eigenvalue weighted by Gasteiger charge is -2.50. The molecule has 5 rings (SSSR count). The summed E-state index contributed by atoms with van der Waals surface area (Å²) in [6.45, 7) is 3.13. The second-order valence-corrected chi connectivity index (χ2v) is 10.1. The fraction of sp³-hybridized carbons (Fsp3) is 0.444. The quantitative estimate of drug-likeness (QED) is 0.540. The second kappa shape index (κ2) is 9.82. The first-order valence-electron chi connectivity index (χ1n) is 12.0. The van der Waals surface area contributed by atoms with Gasteiger partial charge in [0.25, 0.3) is 0 Å². The van der Waals surface area contributed by atoms with Gasteiger partial charge in [-0.2, -0.15) is 0 Å². The molecule has 2 aromatic carbocycles. The SMILES string of the molecule is COCC(=O)N1CC2(CCN(Cc3ccc(Cl)cc3)CC2)c2c([nH]c3cc(OC)ccc23)[C@@H]1CO. The zero-order valence-electron chi connectivity index (χ0n) is 20.2. The molecule has 0 aliphatic carbocycles. The summed E-state index contributed by atoms with van der Waals surface area (Å²) in [5.74, 6) is 0.673. The van der Waals surface area contributed by atoms with Crippen molar-refractivity contribution in [2.75, 3.05) is 47.1 Å². The number of rotatable bonds is 6. The maximum atomic E-state index is 13.1. The predicted molar refractivity (Wildman–Crippen MR) is 136 cm³/mol. The first-order chi connectivity index (χ1) is 17.0. The minimum absolute atomic E-state index is 0.00133. The molecule has 0 radical (unpaired) electrons. The molecule has 7 nitrogen and oxygen atoms in total. The van der Waals surface area contributed by atoms with Crippen LogP contribution in [0.3, 0.4) is 0 Å². The van der Waals surface area contributed by atoms with Crippen molar-refractivity contribution in [3.63, 3.8) is 0 Å². The summed E-state index contributed by atoms with van der Waals surface area (Å²) < 4.78 is 10.6. The first kappa shape index (κ1) is 24.1. The number of H-pyrrole nitrogens is 1. The Labute approximate surface area is 210 Å². The van der Waals surface area contributed by atoms with Crippen LogP contribution in [0.5, 0.6) is 5.75 Å². The molecule has 2 aliphatic heterocycles. The normalized spacial score (nSPS) is 19.8. The molecule has 1 saturated heterocycles. The van der Waals surface area contributed by atoms with Crippen molar-refractivity contribution < 1.29 is 19.4 Å². The van der Waals surface area contributed by atoms with Crippen LogP contribution in [0.25, 0.3) is 10.9 Å². The summed E-state index contributed by atoms with van der Waals surface area (Å²) in [4.78, 5) is 20.9. The van der Waals surface area contributed by atoms with E-state index in [4.69, 9.17) is 21.1 Å². The number of nitrogens with one attached hydrogen (secondary N) is 1. The number of piperidine rings is 1. The van der Waals surface area contributed by atoms with Gasteiger partial charge in [-0.25, -0.2) is 0 Å². The van der Waals surface area contributed by atoms with Crippen LogP contribution < -0.4 is 4.74 Å². The molecule has 1 spiro atoms. The topological polar surface area (TPSA) is 78.0 Å². The van der Waals surface area contributed by atoms with E-state index in [0.29, 0.717) is 6.54 Å². The molecule has 0 saturated carbocycles. The monoisotopic (exact) mass is 497 g/mol. The van der Waals surface area contributed by atoms with Gasteiger partial charge in [0.15, 0.2) is 0 Å². The third kappa shape index (κ3) is 4.42. The van der Waals surface area contributed by atoms with Gasteiger partial charge in [-0.1, -0.05) is 23.7 Å². The molecule has 186 valence electrons. The second-order valence-electron chi connectivity index (χ2n) is 9.66. The summed E-state index contributed by atoms with van der Waals surface area (Å²) >= 11 is 6.06. The first-order valence-corrected chi connectivity index (χ1v) is 12.4. The lowest BCUT2D eigenvalue weighted by atomic mass is 9.68. The molecule has 0 unspecified atom stereocenters. The van der Waals surface area contributed by atoms with Gasteiger partial charge in [-0.3, -0.25) is 9.69 Å². The Morgan fingerprint density at radius 3 is 2.57 bits per heavy atom. The number of methoxy groups -OCH3 is 2. The molecule has 2 N–H and O–H groups in total. The molecule has 3 heterocycles. The molecule has 1 atom stereocenters. The Balaban J connectivity index is 1.51. The Morgan fingerprint density at radius 1 is 1.17 bits per heavy atom. The Bertz CT molecular complexity index is 1200. The number of carbonyl (C=O) groups excluding carboxylic acids is 1. The van der Waals surface area contributed by atoms with Crippen LogP contribution in [0.15, 0.2) is 42.5 Å². The van der Waals surface area contributed by atoms with Crippen LogP contribution in [0.4, 0.5) is 0 Å². The number of benzene rings is 2. The number of aliphatic hydroxyl groups excluding tert-OH is 1. The highest BCUT2D eigenvalue weighted by Gasteiger charge is 2.48. The average molecular weight is 498 g/mol. The van der Waals surface area contributed by atoms with Crippen molar-refractivity contribution >= 4 is 28.4 Å². The largest absolute Gasteiger partial charge is 0.497 e. The number of nitrogens with zero attached hydrogens (tertiary/aromatic N) is 2. The molecular formula is C27H32ClN3O4. The number of carbonyl (C=O) groups is 1. The van der Waals surface area contributed by atoms with Gasteiger partial charge in [0, 0.05) is 53.3 Å². The number of hydrogen-bond donors (Lipinski definition) is 2. The minimum atomic E-state index is -0.427. The number of aliphatic hydroxyl groups is 1. The predicted octanol–water partition coefficient (Wildman–Crippen LogP) is 3.89. The number of ether oxygens (including phenoxy) is 2. The van der Waals surface area contributed by atoms with Crippen molar-refractivity contribution in [3.8, 4) is 5.75 Å². The van der Waals surface area contributed by atoms with Crippen molar-refractivity contribution in [2.45, 2.75) is 30.8 Å². The minimum Gasteiger partial charge on any atom is -0.497 e. The molecular weight excluding hydrogens is 466 g/mol. The van der Waals surface area contributed by atoms with Crippen LogP contribution in [0, 0.1) is 0 Å². The molecule has 8 heteroatoms. The molecule has 1 fully saturated rings. The van der Waals surface area contributed by atoms with Crippen molar-refractivity contribution in [1.29, 1.82) is 0 Å². The van der Waals surface area contributed by atoms with Crippen molar-refractivity contribution in [3.05, 3.63) is 64.3 Å². The number of aromatic amines is 1. The standard InChI is InChI=1S/C27H32ClN3O4/c1-34-16-24(33)31-17-27(9-11-30(12-10-27)14-18-3-5-19(28)6-4-18)25-21-8-7-20(35-2)13-22(21)29-26(25)23(31)15-32/h3-8,13,23,29,32H,9-12,14-17H2,1-2H3/t23-/m0/s1. The average Bonchev–Trinajstić information content (AvgIpc) is 3.26. The zero-order chi connectivity index (χ0) is 24.6. The van der Waals surface area contributed by atoms with Crippen LogP contribution >= 0.6 is 11.6 Å². The van der Waals surface area contributed by atoms with Gasteiger partial charge >= 0.3 is 0 Å². The van der Waals surface area contributed by atoms with Crippen molar-refractivity contribution in [1.82, 2.24) is 14.8 Å². The summed E-state index contributed by atoms with van der Waals surface area (Å²) in [5.41, 5.74) is 4.18. The fourth-order valence-corrected chi connectivity index (χ4v) is 6.00.